The zero-order valence-corrected chi connectivity index (χ0v) is 13.4. The molecule has 0 amide bonds. The summed E-state index contributed by atoms with van der Waals surface area (Å²) in [6, 6.07) is 12.8. The molecule has 0 aromatic heterocycles. The molecule has 1 fully saturated rings. The fraction of sp³-hybridized carbons (Fsp3) is 0.368. The summed E-state index contributed by atoms with van der Waals surface area (Å²) >= 11 is 0. The first-order valence-electron chi connectivity index (χ1n) is 7.94. The Labute approximate surface area is 132 Å². The third-order valence-corrected chi connectivity index (χ3v) is 4.37. The van der Waals surface area contributed by atoms with Crippen molar-refractivity contribution in [2.24, 2.45) is 0 Å². The zero-order valence-electron chi connectivity index (χ0n) is 13.4. The van der Waals surface area contributed by atoms with Gasteiger partial charge in [-0.25, -0.2) is 0 Å². The lowest BCUT2D eigenvalue weighted by atomic mass is 10.0. The van der Waals surface area contributed by atoms with Gasteiger partial charge in [0.2, 0.25) is 0 Å². The maximum absolute atomic E-state index is 6.28. The number of aryl methyl sites for hydroxylation is 1. The van der Waals surface area contributed by atoms with E-state index in [4.69, 9.17) is 10.5 Å². The average Bonchev–Trinajstić information content (AvgIpc) is 3.02. The Kier molecular flexibility index (Phi) is 4.23. The number of benzene rings is 2. The van der Waals surface area contributed by atoms with Gasteiger partial charge in [-0.05, 0) is 49.1 Å². The first kappa shape index (κ1) is 14.8. The number of nitrogens with two attached hydrogens (primary N) is 1. The van der Waals surface area contributed by atoms with Crippen molar-refractivity contribution >= 4 is 11.4 Å². The van der Waals surface area contributed by atoms with Crippen molar-refractivity contribution in [1.29, 1.82) is 0 Å². The molecule has 0 atom stereocenters. The van der Waals surface area contributed by atoms with E-state index >= 15 is 0 Å². The summed E-state index contributed by atoms with van der Waals surface area (Å²) in [6.45, 7) is 4.35. The van der Waals surface area contributed by atoms with E-state index in [1.807, 2.05) is 6.07 Å². The Morgan fingerprint density at radius 1 is 1.09 bits per heavy atom. The molecule has 0 spiro atoms. The Morgan fingerprint density at radius 3 is 2.55 bits per heavy atom. The molecule has 1 heterocycles. The Balaban J connectivity index is 1.84. The highest BCUT2D eigenvalue weighted by molar-refractivity contribution is 5.69. The van der Waals surface area contributed by atoms with Gasteiger partial charge in [0.05, 0.1) is 18.5 Å². The van der Waals surface area contributed by atoms with Gasteiger partial charge in [-0.3, -0.25) is 0 Å². The second-order valence-corrected chi connectivity index (χ2v) is 6.08. The summed E-state index contributed by atoms with van der Waals surface area (Å²) < 4.78 is 5.47. The molecule has 2 aromatic rings. The molecule has 3 rings (SSSR count). The normalized spacial score (nSPS) is 14.4. The van der Waals surface area contributed by atoms with Gasteiger partial charge >= 0.3 is 0 Å². The molecule has 1 aliphatic rings. The van der Waals surface area contributed by atoms with Crippen LogP contribution in [0.4, 0.5) is 11.4 Å². The van der Waals surface area contributed by atoms with E-state index in [9.17, 15) is 0 Å². The molecule has 0 radical (unpaired) electrons. The predicted octanol–water partition coefficient (Wildman–Crippen LogP) is 3.78. The van der Waals surface area contributed by atoms with Crippen molar-refractivity contribution in [1.82, 2.24) is 0 Å². The number of nitrogen functional groups attached to an aromatic ring is 1. The Morgan fingerprint density at radius 2 is 1.86 bits per heavy atom. The lowest BCUT2D eigenvalue weighted by Crippen LogP contribution is -2.19. The minimum absolute atomic E-state index is 0.843. The average molecular weight is 296 g/mol. The molecule has 0 bridgehead atoms. The summed E-state index contributed by atoms with van der Waals surface area (Å²) in [7, 11) is 1.72. The highest BCUT2D eigenvalue weighted by Gasteiger charge is 2.15. The maximum atomic E-state index is 6.28. The van der Waals surface area contributed by atoms with E-state index in [1.54, 1.807) is 7.11 Å². The molecular weight excluding hydrogens is 272 g/mol. The van der Waals surface area contributed by atoms with Crippen LogP contribution in [0.1, 0.15) is 29.5 Å². The lowest BCUT2D eigenvalue weighted by molar-refractivity contribution is 0.410. The summed E-state index contributed by atoms with van der Waals surface area (Å²) in [5.74, 6) is 0.938. The largest absolute Gasteiger partial charge is 0.496 e. The smallest absolute Gasteiger partial charge is 0.122 e. The van der Waals surface area contributed by atoms with Crippen molar-refractivity contribution in [3.05, 3.63) is 53.1 Å². The van der Waals surface area contributed by atoms with E-state index in [2.05, 4.69) is 42.2 Å². The van der Waals surface area contributed by atoms with Gasteiger partial charge in [-0.15, -0.1) is 0 Å². The van der Waals surface area contributed by atoms with Crippen LogP contribution in [0.25, 0.3) is 0 Å². The monoisotopic (exact) mass is 296 g/mol. The van der Waals surface area contributed by atoms with E-state index in [0.29, 0.717) is 0 Å². The topological polar surface area (TPSA) is 38.5 Å². The molecule has 1 saturated heterocycles. The SMILES string of the molecule is COc1ccc(C)cc1Cc1ccc(N2CCCC2)c(N)c1. The van der Waals surface area contributed by atoms with Crippen LogP contribution in [0, 0.1) is 6.92 Å². The molecule has 2 N–H and O–H groups in total. The van der Waals surface area contributed by atoms with Crippen molar-refractivity contribution in [2.45, 2.75) is 26.2 Å². The summed E-state index contributed by atoms with van der Waals surface area (Å²) in [6.07, 6.45) is 3.37. The van der Waals surface area contributed by atoms with Gasteiger partial charge in [-0.2, -0.15) is 0 Å². The fourth-order valence-electron chi connectivity index (χ4n) is 3.23. The van der Waals surface area contributed by atoms with Gasteiger partial charge in [0.15, 0.2) is 0 Å². The summed E-state index contributed by atoms with van der Waals surface area (Å²) in [4.78, 5) is 2.38. The molecule has 22 heavy (non-hydrogen) atoms. The summed E-state index contributed by atoms with van der Waals surface area (Å²) in [5.41, 5.74) is 12.0. The lowest BCUT2D eigenvalue weighted by Gasteiger charge is -2.20. The van der Waals surface area contributed by atoms with Crippen molar-refractivity contribution in [2.75, 3.05) is 30.8 Å². The van der Waals surface area contributed by atoms with Crippen LogP contribution >= 0.6 is 0 Å². The summed E-state index contributed by atoms with van der Waals surface area (Å²) in [5, 5.41) is 0. The molecule has 116 valence electrons. The van der Waals surface area contributed by atoms with Crippen LogP contribution in [0.15, 0.2) is 36.4 Å². The number of methoxy groups -OCH3 is 1. The number of rotatable bonds is 4. The Hall–Kier alpha value is -2.16. The van der Waals surface area contributed by atoms with Gasteiger partial charge in [0.25, 0.3) is 0 Å². The number of hydrogen-bond acceptors (Lipinski definition) is 3. The minimum Gasteiger partial charge on any atom is -0.496 e. The van der Waals surface area contributed by atoms with Crippen LogP contribution in [-0.2, 0) is 6.42 Å². The van der Waals surface area contributed by atoms with Crippen molar-refractivity contribution in [3.8, 4) is 5.75 Å². The third-order valence-electron chi connectivity index (χ3n) is 4.37. The number of anilines is 2. The first-order valence-corrected chi connectivity index (χ1v) is 7.94. The second kappa shape index (κ2) is 6.30. The molecule has 0 aliphatic carbocycles. The predicted molar refractivity (Wildman–Crippen MR) is 92.8 cm³/mol. The van der Waals surface area contributed by atoms with Crippen molar-refractivity contribution in [3.63, 3.8) is 0 Å². The molecule has 3 nitrogen and oxygen atoms in total. The first-order chi connectivity index (χ1) is 10.7. The molecule has 3 heteroatoms. The van der Waals surface area contributed by atoms with Crippen molar-refractivity contribution < 1.29 is 4.74 Å². The van der Waals surface area contributed by atoms with Gasteiger partial charge in [-0.1, -0.05) is 23.8 Å². The molecule has 0 unspecified atom stereocenters. The maximum Gasteiger partial charge on any atom is 0.122 e. The van der Waals surface area contributed by atoms with Crippen LogP contribution in [0.3, 0.4) is 0 Å². The number of ether oxygens (including phenoxy) is 1. The van der Waals surface area contributed by atoms with Gasteiger partial charge < -0.3 is 15.4 Å². The quantitative estimate of drug-likeness (QED) is 0.873. The molecule has 2 aromatic carbocycles. The standard InChI is InChI=1S/C19H24N2O/c1-14-5-8-19(22-2)16(11-14)12-15-6-7-18(17(20)13-15)21-9-3-4-10-21/h5-8,11,13H,3-4,9-10,12,20H2,1-2H3. The second-order valence-electron chi connectivity index (χ2n) is 6.08. The Bertz CT molecular complexity index is 660. The van der Waals surface area contributed by atoms with Crippen LogP contribution < -0.4 is 15.4 Å². The van der Waals surface area contributed by atoms with E-state index in [-0.39, 0.29) is 0 Å². The molecular formula is C19H24N2O. The van der Waals surface area contributed by atoms with E-state index in [1.165, 1.54) is 35.2 Å². The number of nitrogens with zero attached hydrogens (tertiary/aromatic N) is 1. The third kappa shape index (κ3) is 3.03. The van der Waals surface area contributed by atoms with Crippen LogP contribution in [0.5, 0.6) is 5.75 Å². The van der Waals surface area contributed by atoms with E-state index < -0.39 is 0 Å². The van der Waals surface area contributed by atoms with Gasteiger partial charge in [0, 0.05) is 19.5 Å². The van der Waals surface area contributed by atoms with Crippen LogP contribution in [0.2, 0.25) is 0 Å². The zero-order chi connectivity index (χ0) is 15.5. The molecule has 0 saturated carbocycles. The number of hydrogen-bond donors (Lipinski definition) is 1. The highest BCUT2D eigenvalue weighted by atomic mass is 16.5. The minimum atomic E-state index is 0.843. The highest BCUT2D eigenvalue weighted by Crippen LogP contribution is 2.29. The van der Waals surface area contributed by atoms with Crippen LogP contribution in [-0.4, -0.2) is 20.2 Å². The molecule has 1 aliphatic heterocycles. The van der Waals surface area contributed by atoms with E-state index in [0.717, 1.165) is 30.9 Å². The van der Waals surface area contributed by atoms with Gasteiger partial charge in [0.1, 0.15) is 5.75 Å². The fourth-order valence-corrected chi connectivity index (χ4v) is 3.23.